The van der Waals surface area contributed by atoms with Crippen molar-refractivity contribution in [2.24, 2.45) is 0 Å². The molecule has 0 bridgehead atoms. The number of hydrogen-bond donors (Lipinski definition) is 1. The van der Waals surface area contributed by atoms with Gasteiger partial charge in [-0.05, 0) is 57.0 Å². The topological polar surface area (TPSA) is 126 Å². The Morgan fingerprint density at radius 3 is 2.25 bits per heavy atom. The summed E-state index contributed by atoms with van der Waals surface area (Å²) in [6.45, 7) is 7.23. The third-order valence-electron chi connectivity index (χ3n) is 5.97. The first-order valence-corrected chi connectivity index (χ1v) is 12.8. The van der Waals surface area contributed by atoms with Gasteiger partial charge in [0.1, 0.15) is 17.2 Å². The third-order valence-corrected chi connectivity index (χ3v) is 7.81. The van der Waals surface area contributed by atoms with E-state index in [9.17, 15) is 8.42 Å². The first-order chi connectivity index (χ1) is 17.2. The minimum absolute atomic E-state index is 0.00926. The Bertz CT molecular complexity index is 1460. The molecule has 11 nitrogen and oxygen atoms in total. The molecule has 3 aromatic heterocycles. The first-order valence-electron chi connectivity index (χ1n) is 11.3. The zero-order valence-corrected chi connectivity index (χ0v) is 21.8. The van der Waals surface area contributed by atoms with Gasteiger partial charge in [-0.25, -0.2) is 8.42 Å². The Morgan fingerprint density at radius 2 is 1.67 bits per heavy atom. The normalized spacial score (nSPS) is 13.3. The summed E-state index contributed by atoms with van der Waals surface area (Å²) in [5, 5.41) is 12.0. The molecule has 0 aliphatic rings. The molecular weight excluding hydrogens is 482 g/mol. The smallest absolute Gasteiger partial charge is 0.243 e. The molecule has 0 amide bonds. The van der Waals surface area contributed by atoms with E-state index < -0.39 is 21.3 Å². The second-order valence-corrected chi connectivity index (χ2v) is 10.6. The summed E-state index contributed by atoms with van der Waals surface area (Å²) < 4.78 is 44.0. The summed E-state index contributed by atoms with van der Waals surface area (Å²) in [4.78, 5) is 4.26. The predicted molar refractivity (Wildman–Crippen MR) is 136 cm³/mol. The maximum Gasteiger partial charge on any atom is 0.243 e. The maximum atomic E-state index is 13.5. The van der Waals surface area contributed by atoms with E-state index in [1.54, 1.807) is 59.9 Å². The molecule has 1 N–H and O–H groups in total. The average Bonchev–Trinajstić information content (AvgIpc) is 3.48. The van der Waals surface area contributed by atoms with E-state index in [0.717, 1.165) is 11.1 Å². The summed E-state index contributed by atoms with van der Waals surface area (Å²) >= 11 is 0. The van der Waals surface area contributed by atoms with Gasteiger partial charge in [0, 0.05) is 24.2 Å². The lowest BCUT2D eigenvalue weighted by Gasteiger charge is -2.22. The number of nitrogens with zero attached hydrogens (tertiary/aromatic N) is 6. The van der Waals surface area contributed by atoms with Gasteiger partial charge in [0.05, 0.1) is 31.7 Å². The number of benzene rings is 1. The fourth-order valence-electron chi connectivity index (χ4n) is 3.83. The molecule has 0 aliphatic carbocycles. The van der Waals surface area contributed by atoms with E-state index in [2.05, 4.69) is 25.0 Å². The number of ether oxygens (including phenoxy) is 2. The number of sulfonamides is 1. The highest BCUT2D eigenvalue weighted by atomic mass is 32.2. The summed E-state index contributed by atoms with van der Waals surface area (Å²) in [7, 11) is -0.882. The van der Waals surface area contributed by atoms with E-state index >= 15 is 0 Å². The van der Waals surface area contributed by atoms with E-state index in [4.69, 9.17) is 9.47 Å². The van der Waals surface area contributed by atoms with E-state index in [-0.39, 0.29) is 5.95 Å². The van der Waals surface area contributed by atoms with E-state index in [0.29, 0.717) is 28.6 Å². The van der Waals surface area contributed by atoms with Crippen molar-refractivity contribution in [1.82, 2.24) is 29.5 Å². The Kier molecular flexibility index (Phi) is 6.97. The fourth-order valence-corrected chi connectivity index (χ4v) is 5.04. The van der Waals surface area contributed by atoms with Crippen molar-refractivity contribution in [2.75, 3.05) is 18.9 Å². The molecule has 1 aromatic carbocycles. The monoisotopic (exact) mass is 511 g/mol. The molecule has 0 fully saturated rings. The van der Waals surface area contributed by atoms with Crippen molar-refractivity contribution in [1.29, 1.82) is 0 Å². The lowest BCUT2D eigenvalue weighted by atomic mass is 10.2. The van der Waals surface area contributed by atoms with Crippen molar-refractivity contribution in [3.63, 3.8) is 0 Å². The molecule has 4 rings (SSSR count). The average molecular weight is 512 g/mol. The molecular formula is C24H29N7O4S. The highest BCUT2D eigenvalue weighted by Crippen LogP contribution is 2.38. The van der Waals surface area contributed by atoms with Crippen molar-refractivity contribution in [2.45, 2.75) is 39.0 Å². The van der Waals surface area contributed by atoms with Crippen LogP contribution >= 0.6 is 0 Å². The second-order valence-electron chi connectivity index (χ2n) is 8.54. The standard InChI is InChI=1S/C24H29N7O4S/c1-15-10-19(13-25-11-15)23-27-28-24(31(23)22-20(34-5)8-7-9-21(22)35-6)29-36(32,33)18(4)17(3)30-14-16(2)12-26-30/h7-14,17-18H,1-6H3,(H,28,29)/t17-,18+/m1/s1. The van der Waals surface area contributed by atoms with Gasteiger partial charge in [-0.15, -0.1) is 10.2 Å². The maximum absolute atomic E-state index is 13.5. The number of aryl methyl sites for hydroxylation is 2. The van der Waals surface area contributed by atoms with Gasteiger partial charge < -0.3 is 9.47 Å². The largest absolute Gasteiger partial charge is 0.494 e. The summed E-state index contributed by atoms with van der Waals surface area (Å²) in [6.07, 6.45) is 6.85. The summed E-state index contributed by atoms with van der Waals surface area (Å²) in [5.74, 6) is 1.26. The van der Waals surface area contributed by atoms with E-state index in [1.807, 2.05) is 26.1 Å². The molecule has 0 saturated heterocycles. The minimum Gasteiger partial charge on any atom is -0.494 e. The number of anilines is 1. The van der Waals surface area contributed by atoms with Crippen molar-refractivity contribution >= 4 is 16.0 Å². The van der Waals surface area contributed by atoms with Crippen LogP contribution in [0.5, 0.6) is 11.5 Å². The lowest BCUT2D eigenvalue weighted by molar-refractivity contribution is 0.391. The van der Waals surface area contributed by atoms with Gasteiger partial charge in [0.15, 0.2) is 5.82 Å². The van der Waals surface area contributed by atoms with Crippen LogP contribution in [-0.2, 0) is 10.0 Å². The van der Waals surface area contributed by atoms with Gasteiger partial charge >= 0.3 is 0 Å². The number of nitrogens with one attached hydrogen (secondary N) is 1. The Balaban J connectivity index is 1.85. The fraction of sp³-hybridized carbons (Fsp3) is 0.333. The SMILES string of the molecule is COc1cccc(OC)c1-n1c(NS(=O)(=O)[C@@H](C)[C@@H](C)n2cc(C)cn2)nnc1-c1cncc(C)c1. The van der Waals surface area contributed by atoms with Gasteiger partial charge in [-0.1, -0.05) is 6.07 Å². The van der Waals surface area contributed by atoms with Crippen LogP contribution in [0.15, 0.2) is 49.1 Å². The summed E-state index contributed by atoms with van der Waals surface area (Å²) in [5.41, 5.74) is 2.95. The highest BCUT2D eigenvalue weighted by Gasteiger charge is 2.31. The second kappa shape index (κ2) is 9.97. The van der Waals surface area contributed by atoms with Crippen LogP contribution in [0.25, 0.3) is 17.1 Å². The van der Waals surface area contributed by atoms with Gasteiger partial charge in [0.2, 0.25) is 16.0 Å². The first kappa shape index (κ1) is 25.2. The van der Waals surface area contributed by atoms with Crippen LogP contribution in [0.4, 0.5) is 5.95 Å². The zero-order chi connectivity index (χ0) is 26.0. The van der Waals surface area contributed by atoms with E-state index in [1.165, 1.54) is 14.2 Å². The quantitative estimate of drug-likeness (QED) is 0.362. The van der Waals surface area contributed by atoms with Crippen molar-refractivity contribution in [3.8, 4) is 28.6 Å². The minimum atomic E-state index is -3.93. The number of hydrogen-bond acceptors (Lipinski definition) is 8. The van der Waals surface area contributed by atoms with Crippen LogP contribution in [0, 0.1) is 13.8 Å². The molecule has 0 unspecified atom stereocenters. The van der Waals surface area contributed by atoms with Crippen LogP contribution in [-0.4, -0.2) is 57.4 Å². The Hall–Kier alpha value is -3.93. The van der Waals surface area contributed by atoms with Gasteiger partial charge in [-0.2, -0.15) is 5.10 Å². The van der Waals surface area contributed by atoms with Crippen molar-refractivity contribution in [3.05, 3.63) is 60.2 Å². The van der Waals surface area contributed by atoms with Crippen molar-refractivity contribution < 1.29 is 17.9 Å². The number of methoxy groups -OCH3 is 2. The zero-order valence-electron chi connectivity index (χ0n) is 21.0. The van der Waals surface area contributed by atoms with Crippen LogP contribution < -0.4 is 14.2 Å². The molecule has 0 aliphatic heterocycles. The number of para-hydroxylation sites is 1. The Labute approximate surface area is 210 Å². The van der Waals surface area contributed by atoms with Crippen LogP contribution in [0.1, 0.15) is 31.0 Å². The van der Waals surface area contributed by atoms with Gasteiger partial charge in [-0.3, -0.25) is 19.0 Å². The number of aromatic nitrogens is 6. The molecule has 12 heteroatoms. The molecule has 2 atom stereocenters. The van der Waals surface area contributed by atoms with Crippen LogP contribution in [0.3, 0.4) is 0 Å². The molecule has 0 radical (unpaired) electrons. The molecule has 190 valence electrons. The molecule has 0 spiro atoms. The third kappa shape index (κ3) is 4.76. The highest BCUT2D eigenvalue weighted by molar-refractivity contribution is 7.93. The number of pyridine rings is 1. The molecule has 36 heavy (non-hydrogen) atoms. The Morgan fingerprint density at radius 1 is 0.972 bits per heavy atom. The molecule has 0 saturated carbocycles. The lowest BCUT2D eigenvalue weighted by Crippen LogP contribution is -2.33. The predicted octanol–water partition coefficient (Wildman–Crippen LogP) is 3.55. The van der Waals surface area contributed by atoms with Gasteiger partial charge in [0.25, 0.3) is 0 Å². The molecule has 3 heterocycles. The van der Waals surface area contributed by atoms with Crippen LogP contribution in [0.2, 0.25) is 0 Å². The molecule has 4 aromatic rings. The number of rotatable bonds is 9. The summed E-state index contributed by atoms with van der Waals surface area (Å²) in [6, 6.07) is 6.73.